The van der Waals surface area contributed by atoms with E-state index in [1.54, 1.807) is 6.33 Å². The van der Waals surface area contributed by atoms with Gasteiger partial charge >= 0.3 is 5.97 Å². The van der Waals surface area contributed by atoms with Gasteiger partial charge in [0.15, 0.2) is 0 Å². The molecule has 1 heterocycles. The highest BCUT2D eigenvalue weighted by molar-refractivity contribution is 5.66. The van der Waals surface area contributed by atoms with Crippen molar-refractivity contribution in [1.29, 1.82) is 0 Å². The molecule has 1 aromatic carbocycles. The van der Waals surface area contributed by atoms with Gasteiger partial charge in [0.2, 0.25) is 0 Å². The summed E-state index contributed by atoms with van der Waals surface area (Å²) in [6.45, 7) is 13.7. The van der Waals surface area contributed by atoms with Gasteiger partial charge in [-0.3, -0.25) is 4.79 Å². The number of nitrogens with one attached hydrogen (secondary N) is 1. The van der Waals surface area contributed by atoms with Crippen molar-refractivity contribution in [2.24, 2.45) is 0 Å². The lowest BCUT2D eigenvalue weighted by Gasteiger charge is -2.20. The first kappa shape index (κ1) is 19.1. The number of rotatable bonds is 7. The van der Waals surface area contributed by atoms with Gasteiger partial charge < -0.3 is 10.1 Å². The molecule has 2 rings (SSSR count). The van der Waals surface area contributed by atoms with Crippen LogP contribution in [0.5, 0.6) is 0 Å². The van der Waals surface area contributed by atoms with Gasteiger partial charge in [0, 0.05) is 20.0 Å². The lowest BCUT2D eigenvalue weighted by molar-refractivity contribution is -0.142. The molecule has 136 valence electrons. The Bertz CT molecular complexity index is 752. The third kappa shape index (κ3) is 4.45. The van der Waals surface area contributed by atoms with E-state index in [0.717, 1.165) is 30.0 Å². The Morgan fingerprint density at radius 2 is 1.96 bits per heavy atom. The Morgan fingerprint density at radius 1 is 1.28 bits per heavy atom. The van der Waals surface area contributed by atoms with Gasteiger partial charge in [-0.05, 0) is 62.4 Å². The second kappa shape index (κ2) is 8.25. The zero-order chi connectivity index (χ0) is 18.6. The Kier molecular flexibility index (Phi) is 6.31. The van der Waals surface area contributed by atoms with Crippen LogP contribution in [0.15, 0.2) is 12.4 Å². The normalized spacial score (nSPS) is 12.2. The molecule has 0 spiro atoms. The number of esters is 1. The molecule has 2 aromatic rings. The minimum Gasteiger partial charge on any atom is -0.461 e. The SMILES string of the molecule is CCn1ncnc1C(C)NCc1c(C)cc(C)c(COC(C)=O)c1C. The quantitative estimate of drug-likeness (QED) is 0.782. The number of nitrogens with zero attached hydrogens (tertiary/aromatic N) is 3. The summed E-state index contributed by atoms with van der Waals surface area (Å²) in [7, 11) is 0. The molecule has 0 fully saturated rings. The summed E-state index contributed by atoms with van der Waals surface area (Å²) in [6, 6.07) is 2.25. The van der Waals surface area contributed by atoms with Crippen molar-refractivity contribution in [2.75, 3.05) is 0 Å². The van der Waals surface area contributed by atoms with Gasteiger partial charge in [-0.2, -0.15) is 5.10 Å². The van der Waals surface area contributed by atoms with Crippen LogP contribution in [0.1, 0.15) is 60.5 Å². The van der Waals surface area contributed by atoms with Crippen molar-refractivity contribution in [3.8, 4) is 0 Å². The van der Waals surface area contributed by atoms with Crippen molar-refractivity contribution in [3.63, 3.8) is 0 Å². The summed E-state index contributed by atoms with van der Waals surface area (Å²) < 4.78 is 7.12. The van der Waals surface area contributed by atoms with E-state index in [-0.39, 0.29) is 12.0 Å². The maximum atomic E-state index is 11.1. The average molecular weight is 344 g/mol. The standard InChI is InChI=1S/C19H28N4O2/c1-7-23-19(21-11-22-23)15(5)20-9-17-12(2)8-13(3)18(14(17)4)10-25-16(6)24/h8,11,15,20H,7,9-10H2,1-6H3. The number of aromatic nitrogens is 3. The predicted octanol–water partition coefficient (Wildman–Crippen LogP) is 3.14. The molecule has 1 aromatic heterocycles. The van der Waals surface area contributed by atoms with Crippen molar-refractivity contribution >= 4 is 5.97 Å². The highest BCUT2D eigenvalue weighted by atomic mass is 16.5. The van der Waals surface area contributed by atoms with Crippen molar-refractivity contribution in [3.05, 3.63) is 46.0 Å². The topological polar surface area (TPSA) is 69.0 Å². The number of aryl methyl sites for hydroxylation is 3. The van der Waals surface area contributed by atoms with Gasteiger partial charge in [0.1, 0.15) is 18.8 Å². The second-order valence-corrected chi connectivity index (χ2v) is 6.41. The van der Waals surface area contributed by atoms with Crippen LogP contribution in [0.2, 0.25) is 0 Å². The highest BCUT2D eigenvalue weighted by Crippen LogP contribution is 2.24. The Morgan fingerprint density at radius 3 is 2.60 bits per heavy atom. The zero-order valence-corrected chi connectivity index (χ0v) is 16.0. The van der Waals surface area contributed by atoms with E-state index in [4.69, 9.17) is 4.74 Å². The van der Waals surface area contributed by atoms with Gasteiger partial charge in [0.25, 0.3) is 0 Å². The fraction of sp³-hybridized carbons (Fsp3) is 0.526. The molecule has 0 amide bonds. The molecule has 0 saturated heterocycles. The van der Waals surface area contributed by atoms with Crippen LogP contribution in [0.25, 0.3) is 0 Å². The first-order chi connectivity index (χ1) is 11.8. The van der Waals surface area contributed by atoms with Crippen LogP contribution >= 0.6 is 0 Å². The second-order valence-electron chi connectivity index (χ2n) is 6.41. The molecule has 1 unspecified atom stereocenters. The van der Waals surface area contributed by atoms with Crippen LogP contribution in [-0.4, -0.2) is 20.7 Å². The maximum absolute atomic E-state index is 11.1. The van der Waals surface area contributed by atoms with Crippen LogP contribution < -0.4 is 5.32 Å². The molecule has 1 N–H and O–H groups in total. The third-order valence-corrected chi connectivity index (χ3v) is 4.63. The summed E-state index contributed by atoms with van der Waals surface area (Å²) >= 11 is 0. The average Bonchev–Trinajstić information content (AvgIpc) is 3.02. The monoisotopic (exact) mass is 344 g/mol. The minimum absolute atomic E-state index is 0.0967. The number of hydrogen-bond donors (Lipinski definition) is 1. The molecular weight excluding hydrogens is 316 g/mol. The minimum atomic E-state index is -0.258. The van der Waals surface area contributed by atoms with Gasteiger partial charge in [0.05, 0.1) is 6.04 Å². The van der Waals surface area contributed by atoms with Gasteiger partial charge in [-0.1, -0.05) is 6.07 Å². The summed E-state index contributed by atoms with van der Waals surface area (Å²) in [5, 5.41) is 7.77. The van der Waals surface area contributed by atoms with Crippen LogP contribution in [-0.2, 0) is 29.2 Å². The molecule has 0 aliphatic rings. The van der Waals surface area contributed by atoms with Crippen molar-refractivity contribution < 1.29 is 9.53 Å². The van der Waals surface area contributed by atoms with Crippen LogP contribution in [0.4, 0.5) is 0 Å². The third-order valence-electron chi connectivity index (χ3n) is 4.63. The van der Waals surface area contributed by atoms with Crippen molar-refractivity contribution in [2.45, 2.75) is 67.3 Å². The summed E-state index contributed by atoms with van der Waals surface area (Å²) in [5.41, 5.74) is 5.89. The highest BCUT2D eigenvalue weighted by Gasteiger charge is 2.15. The number of carbonyl (C=O) groups excluding carboxylic acids is 1. The molecule has 0 aliphatic carbocycles. The van der Waals surface area contributed by atoms with E-state index in [1.165, 1.54) is 23.6 Å². The molecule has 1 atom stereocenters. The molecule has 6 nitrogen and oxygen atoms in total. The zero-order valence-electron chi connectivity index (χ0n) is 16.0. The summed E-state index contributed by atoms with van der Waals surface area (Å²) in [6.07, 6.45) is 1.59. The molecule has 0 saturated carbocycles. The lowest BCUT2D eigenvalue weighted by atomic mass is 9.93. The van der Waals surface area contributed by atoms with Crippen molar-refractivity contribution in [1.82, 2.24) is 20.1 Å². The molecule has 25 heavy (non-hydrogen) atoms. The van der Waals surface area contributed by atoms with Crippen LogP contribution in [0, 0.1) is 20.8 Å². The molecular formula is C19H28N4O2. The first-order valence-corrected chi connectivity index (χ1v) is 8.68. The number of carbonyl (C=O) groups is 1. The fourth-order valence-corrected chi connectivity index (χ4v) is 3.14. The Labute approximate surface area is 149 Å². The van der Waals surface area contributed by atoms with E-state index in [0.29, 0.717) is 6.61 Å². The number of hydrogen-bond acceptors (Lipinski definition) is 5. The van der Waals surface area contributed by atoms with Gasteiger partial charge in [-0.15, -0.1) is 0 Å². The Balaban J connectivity index is 2.18. The van der Waals surface area contributed by atoms with E-state index in [1.807, 2.05) is 4.68 Å². The fourth-order valence-electron chi connectivity index (χ4n) is 3.14. The molecule has 0 aliphatic heterocycles. The maximum Gasteiger partial charge on any atom is 0.302 e. The molecule has 0 radical (unpaired) electrons. The smallest absolute Gasteiger partial charge is 0.302 e. The lowest BCUT2D eigenvalue weighted by Crippen LogP contribution is -2.23. The van der Waals surface area contributed by atoms with E-state index >= 15 is 0 Å². The summed E-state index contributed by atoms with van der Waals surface area (Å²) in [4.78, 5) is 15.5. The molecule has 0 bridgehead atoms. The number of ether oxygens (including phenoxy) is 1. The predicted molar refractivity (Wildman–Crippen MR) is 97.1 cm³/mol. The molecule has 6 heteroatoms. The largest absolute Gasteiger partial charge is 0.461 e. The number of benzene rings is 1. The van der Waals surface area contributed by atoms with Crippen LogP contribution in [0.3, 0.4) is 0 Å². The first-order valence-electron chi connectivity index (χ1n) is 8.68. The summed E-state index contributed by atoms with van der Waals surface area (Å²) in [5.74, 6) is 0.677. The van der Waals surface area contributed by atoms with Gasteiger partial charge in [-0.25, -0.2) is 9.67 Å². The Hall–Kier alpha value is -2.21. The van der Waals surface area contributed by atoms with E-state index < -0.39 is 0 Å². The van der Waals surface area contributed by atoms with E-state index in [9.17, 15) is 4.79 Å². The van der Waals surface area contributed by atoms with E-state index in [2.05, 4.69) is 56.1 Å².